The van der Waals surface area contributed by atoms with Crippen LogP contribution in [-0.2, 0) is 4.74 Å². The van der Waals surface area contributed by atoms with Crippen molar-refractivity contribution in [1.29, 1.82) is 0 Å². The molecule has 14 heavy (non-hydrogen) atoms. The monoisotopic (exact) mass is 217 g/mol. The third-order valence-corrected chi connectivity index (χ3v) is 4.17. The van der Waals surface area contributed by atoms with Gasteiger partial charge in [-0.25, -0.2) is 0 Å². The molecule has 1 aliphatic rings. The normalized spacial score (nSPS) is 21.0. The lowest BCUT2D eigenvalue weighted by Gasteiger charge is -2.36. The van der Waals surface area contributed by atoms with Gasteiger partial charge in [0, 0.05) is 13.2 Å². The van der Waals surface area contributed by atoms with Crippen molar-refractivity contribution >= 4 is 11.8 Å². The second-order valence-electron chi connectivity index (χ2n) is 4.12. The van der Waals surface area contributed by atoms with Gasteiger partial charge in [-0.15, -0.1) is 0 Å². The van der Waals surface area contributed by atoms with Crippen LogP contribution < -0.4 is 5.73 Å². The zero-order valence-corrected chi connectivity index (χ0v) is 10.1. The Bertz CT molecular complexity index is 146. The van der Waals surface area contributed by atoms with Crippen molar-refractivity contribution in [3.8, 4) is 0 Å². The highest BCUT2D eigenvalue weighted by molar-refractivity contribution is 7.99. The molecular formula is C11H23NOS. The zero-order chi connectivity index (χ0) is 10.3. The van der Waals surface area contributed by atoms with Gasteiger partial charge in [0.2, 0.25) is 0 Å². The number of hydrogen-bond donors (Lipinski definition) is 1. The Kier molecular flexibility index (Phi) is 5.90. The molecule has 84 valence electrons. The standard InChI is InChI=1S/C11H23NOS/c1-2-14-9-3-4-11(10-12)5-7-13-8-6-11/h2-10,12H2,1H3. The van der Waals surface area contributed by atoms with Crippen LogP contribution in [0.5, 0.6) is 0 Å². The first kappa shape index (κ1) is 12.3. The Morgan fingerprint density at radius 1 is 1.36 bits per heavy atom. The fraction of sp³-hybridized carbons (Fsp3) is 1.00. The number of hydrogen-bond acceptors (Lipinski definition) is 3. The van der Waals surface area contributed by atoms with Crippen molar-refractivity contribution in [2.24, 2.45) is 11.1 Å². The summed E-state index contributed by atoms with van der Waals surface area (Å²) in [4.78, 5) is 0. The summed E-state index contributed by atoms with van der Waals surface area (Å²) in [5.41, 5.74) is 6.30. The van der Waals surface area contributed by atoms with Crippen molar-refractivity contribution < 1.29 is 4.74 Å². The van der Waals surface area contributed by atoms with E-state index in [-0.39, 0.29) is 0 Å². The fourth-order valence-corrected chi connectivity index (χ4v) is 2.69. The molecule has 1 heterocycles. The maximum Gasteiger partial charge on any atom is 0.0471 e. The van der Waals surface area contributed by atoms with Crippen LogP contribution >= 0.6 is 11.8 Å². The van der Waals surface area contributed by atoms with E-state index < -0.39 is 0 Å². The van der Waals surface area contributed by atoms with E-state index in [1.807, 2.05) is 11.8 Å². The molecule has 3 heteroatoms. The van der Waals surface area contributed by atoms with Crippen molar-refractivity contribution in [3.05, 3.63) is 0 Å². The van der Waals surface area contributed by atoms with Gasteiger partial charge in [-0.05, 0) is 49.1 Å². The molecule has 0 aromatic carbocycles. The molecule has 0 radical (unpaired) electrons. The molecule has 0 aromatic rings. The summed E-state index contributed by atoms with van der Waals surface area (Å²) in [6.45, 7) is 4.89. The highest BCUT2D eigenvalue weighted by Crippen LogP contribution is 2.34. The maximum absolute atomic E-state index is 5.89. The van der Waals surface area contributed by atoms with Crippen LogP contribution in [0.4, 0.5) is 0 Å². The molecule has 0 saturated carbocycles. The summed E-state index contributed by atoms with van der Waals surface area (Å²) in [5, 5.41) is 0. The zero-order valence-electron chi connectivity index (χ0n) is 9.26. The molecule has 0 unspecified atom stereocenters. The molecular weight excluding hydrogens is 194 g/mol. The minimum absolute atomic E-state index is 0.409. The van der Waals surface area contributed by atoms with Crippen molar-refractivity contribution in [2.75, 3.05) is 31.3 Å². The van der Waals surface area contributed by atoms with E-state index in [4.69, 9.17) is 10.5 Å². The minimum Gasteiger partial charge on any atom is -0.381 e. The Morgan fingerprint density at radius 2 is 2.07 bits per heavy atom. The summed E-state index contributed by atoms with van der Waals surface area (Å²) in [6, 6.07) is 0. The number of thioether (sulfide) groups is 1. The molecule has 1 saturated heterocycles. The fourth-order valence-electron chi connectivity index (χ4n) is 2.05. The van der Waals surface area contributed by atoms with Gasteiger partial charge in [0.05, 0.1) is 0 Å². The van der Waals surface area contributed by atoms with Crippen LogP contribution in [0, 0.1) is 5.41 Å². The third-order valence-electron chi connectivity index (χ3n) is 3.19. The highest BCUT2D eigenvalue weighted by Gasteiger charge is 2.30. The Hall–Kier alpha value is 0.270. The lowest BCUT2D eigenvalue weighted by atomic mass is 9.77. The van der Waals surface area contributed by atoms with Gasteiger partial charge in [-0.3, -0.25) is 0 Å². The SMILES string of the molecule is CCSCCCC1(CN)CCOCC1. The van der Waals surface area contributed by atoms with E-state index in [1.165, 1.54) is 37.2 Å². The van der Waals surface area contributed by atoms with Gasteiger partial charge in [0.15, 0.2) is 0 Å². The number of nitrogens with two attached hydrogens (primary N) is 1. The predicted molar refractivity (Wildman–Crippen MR) is 63.8 cm³/mol. The first-order valence-electron chi connectivity index (χ1n) is 5.68. The Balaban J connectivity index is 2.22. The molecule has 0 amide bonds. The molecule has 2 N–H and O–H groups in total. The van der Waals surface area contributed by atoms with Crippen LogP contribution in [0.15, 0.2) is 0 Å². The number of rotatable bonds is 6. The summed E-state index contributed by atoms with van der Waals surface area (Å²) in [5.74, 6) is 2.53. The number of ether oxygens (including phenoxy) is 1. The first-order valence-corrected chi connectivity index (χ1v) is 6.84. The second-order valence-corrected chi connectivity index (χ2v) is 5.51. The van der Waals surface area contributed by atoms with Gasteiger partial charge >= 0.3 is 0 Å². The largest absolute Gasteiger partial charge is 0.381 e. The second kappa shape index (κ2) is 6.70. The molecule has 0 bridgehead atoms. The summed E-state index contributed by atoms with van der Waals surface area (Å²) >= 11 is 2.03. The van der Waals surface area contributed by atoms with Gasteiger partial charge in [0.1, 0.15) is 0 Å². The van der Waals surface area contributed by atoms with Gasteiger partial charge in [-0.1, -0.05) is 6.92 Å². The van der Waals surface area contributed by atoms with Gasteiger partial charge in [-0.2, -0.15) is 11.8 Å². The maximum atomic E-state index is 5.89. The topological polar surface area (TPSA) is 35.2 Å². The van der Waals surface area contributed by atoms with E-state index in [0.717, 1.165) is 19.8 Å². The minimum atomic E-state index is 0.409. The molecule has 0 aromatic heterocycles. The van der Waals surface area contributed by atoms with E-state index in [0.29, 0.717) is 5.41 Å². The summed E-state index contributed by atoms with van der Waals surface area (Å²) in [6.07, 6.45) is 4.94. The van der Waals surface area contributed by atoms with E-state index in [1.54, 1.807) is 0 Å². The van der Waals surface area contributed by atoms with Crippen LogP contribution in [0.3, 0.4) is 0 Å². The van der Waals surface area contributed by atoms with Crippen molar-refractivity contribution in [2.45, 2.75) is 32.6 Å². The first-order chi connectivity index (χ1) is 6.83. The average Bonchev–Trinajstić information content (AvgIpc) is 2.26. The van der Waals surface area contributed by atoms with Gasteiger partial charge < -0.3 is 10.5 Å². The predicted octanol–water partition coefficient (Wildman–Crippen LogP) is 2.28. The van der Waals surface area contributed by atoms with E-state index in [9.17, 15) is 0 Å². The summed E-state index contributed by atoms with van der Waals surface area (Å²) < 4.78 is 5.39. The van der Waals surface area contributed by atoms with Crippen LogP contribution in [-0.4, -0.2) is 31.3 Å². The average molecular weight is 217 g/mol. The lowest BCUT2D eigenvalue weighted by molar-refractivity contribution is 0.0145. The molecule has 1 aliphatic heterocycles. The van der Waals surface area contributed by atoms with Crippen LogP contribution in [0.2, 0.25) is 0 Å². The van der Waals surface area contributed by atoms with Gasteiger partial charge in [0.25, 0.3) is 0 Å². The molecule has 0 atom stereocenters. The van der Waals surface area contributed by atoms with Crippen LogP contribution in [0.1, 0.15) is 32.6 Å². The Labute approximate surface area is 92.0 Å². The highest BCUT2D eigenvalue weighted by atomic mass is 32.2. The van der Waals surface area contributed by atoms with Crippen LogP contribution in [0.25, 0.3) is 0 Å². The quantitative estimate of drug-likeness (QED) is 0.693. The van der Waals surface area contributed by atoms with Crippen molar-refractivity contribution in [3.63, 3.8) is 0 Å². The Morgan fingerprint density at radius 3 is 2.64 bits per heavy atom. The summed E-state index contributed by atoms with van der Waals surface area (Å²) in [7, 11) is 0. The smallest absolute Gasteiger partial charge is 0.0471 e. The molecule has 0 aliphatic carbocycles. The molecule has 2 nitrogen and oxygen atoms in total. The third kappa shape index (κ3) is 3.79. The molecule has 0 spiro atoms. The van der Waals surface area contributed by atoms with Crippen molar-refractivity contribution in [1.82, 2.24) is 0 Å². The van der Waals surface area contributed by atoms with E-state index in [2.05, 4.69) is 6.92 Å². The molecule has 1 fully saturated rings. The molecule has 1 rings (SSSR count). The van der Waals surface area contributed by atoms with E-state index >= 15 is 0 Å². The lowest BCUT2D eigenvalue weighted by Crippen LogP contribution is -2.36.